The number of hydrogen-bond acceptors (Lipinski definition) is 3. The van der Waals surface area contributed by atoms with Crippen LogP contribution in [0.2, 0.25) is 5.02 Å². The van der Waals surface area contributed by atoms with Gasteiger partial charge in [0.2, 0.25) is 0 Å². The third kappa shape index (κ3) is 5.26. The Morgan fingerprint density at radius 2 is 2.00 bits per heavy atom. The van der Waals surface area contributed by atoms with Crippen molar-refractivity contribution >= 4 is 11.6 Å². The zero-order chi connectivity index (χ0) is 21.6. The molecule has 2 aromatic rings. The van der Waals surface area contributed by atoms with Crippen molar-refractivity contribution in [2.45, 2.75) is 51.0 Å². The molecule has 1 N–H and O–H groups in total. The van der Waals surface area contributed by atoms with Crippen molar-refractivity contribution in [3.8, 4) is 11.1 Å². The molecule has 164 valence electrons. The van der Waals surface area contributed by atoms with Gasteiger partial charge in [-0.2, -0.15) is 0 Å². The lowest BCUT2D eigenvalue weighted by atomic mass is 9.72. The van der Waals surface area contributed by atoms with Crippen molar-refractivity contribution in [3.05, 3.63) is 58.6 Å². The molecule has 3 nitrogen and oxygen atoms in total. The Morgan fingerprint density at radius 1 is 1.20 bits per heavy atom. The van der Waals surface area contributed by atoms with Crippen LogP contribution in [-0.2, 0) is 16.8 Å². The van der Waals surface area contributed by atoms with Crippen LogP contribution in [0, 0.1) is 5.92 Å². The Labute approximate surface area is 187 Å². The number of ether oxygens (including phenoxy) is 1. The molecule has 0 amide bonds. The third-order valence-electron chi connectivity index (χ3n) is 6.56. The Hall–Kier alpha value is -1.39. The van der Waals surface area contributed by atoms with Crippen molar-refractivity contribution in [1.82, 2.24) is 4.90 Å². The summed E-state index contributed by atoms with van der Waals surface area (Å²) >= 11 is 6.78. The van der Waals surface area contributed by atoms with Gasteiger partial charge in [-0.05, 0) is 74.9 Å². The molecule has 3 rings (SSSR count). The van der Waals surface area contributed by atoms with Crippen LogP contribution in [0.25, 0.3) is 11.1 Å². The van der Waals surface area contributed by atoms with Gasteiger partial charge in [0.15, 0.2) is 0 Å². The van der Waals surface area contributed by atoms with Crippen LogP contribution in [0.5, 0.6) is 0 Å². The highest BCUT2D eigenvalue weighted by Crippen LogP contribution is 2.45. The first-order valence-corrected chi connectivity index (χ1v) is 11.7. The predicted molar refractivity (Wildman–Crippen MR) is 126 cm³/mol. The van der Waals surface area contributed by atoms with Crippen molar-refractivity contribution < 1.29 is 9.84 Å². The van der Waals surface area contributed by atoms with Crippen LogP contribution >= 0.6 is 11.6 Å². The van der Waals surface area contributed by atoms with Gasteiger partial charge in [-0.25, -0.2) is 0 Å². The maximum absolute atomic E-state index is 12.3. The first kappa shape index (κ1) is 23.3. The summed E-state index contributed by atoms with van der Waals surface area (Å²) in [5.41, 5.74) is 3.41. The van der Waals surface area contributed by atoms with Gasteiger partial charge in [0.1, 0.15) is 0 Å². The number of aryl methyl sites for hydroxylation is 1. The molecule has 2 aromatic carbocycles. The van der Waals surface area contributed by atoms with Crippen molar-refractivity contribution in [1.29, 1.82) is 0 Å². The SMILES string of the molecule is CCc1cccc(-c2c(Cl)cccc2C(O)(CCCCOC)C2CCCN(C)C2)c1. The second kappa shape index (κ2) is 10.8. The number of rotatable bonds is 9. The summed E-state index contributed by atoms with van der Waals surface area (Å²) in [7, 11) is 3.89. The number of unbranched alkanes of at least 4 members (excludes halogenated alkanes) is 1. The van der Waals surface area contributed by atoms with E-state index < -0.39 is 5.60 Å². The fraction of sp³-hybridized carbons (Fsp3) is 0.538. The number of benzene rings is 2. The second-order valence-electron chi connectivity index (χ2n) is 8.69. The van der Waals surface area contributed by atoms with Gasteiger partial charge in [0.05, 0.1) is 5.60 Å². The minimum atomic E-state index is -0.912. The minimum Gasteiger partial charge on any atom is -0.385 e. The summed E-state index contributed by atoms with van der Waals surface area (Å²) in [6, 6.07) is 14.6. The molecule has 0 aromatic heterocycles. The minimum absolute atomic E-state index is 0.186. The monoisotopic (exact) mass is 429 g/mol. The van der Waals surface area contributed by atoms with Gasteiger partial charge in [0, 0.05) is 36.8 Å². The molecule has 1 aliphatic heterocycles. The van der Waals surface area contributed by atoms with Gasteiger partial charge >= 0.3 is 0 Å². The Bertz CT molecular complexity index is 824. The van der Waals surface area contributed by atoms with Gasteiger partial charge in [-0.15, -0.1) is 0 Å². The van der Waals surface area contributed by atoms with Crippen molar-refractivity contribution in [3.63, 3.8) is 0 Å². The number of halogens is 1. The Morgan fingerprint density at radius 3 is 2.73 bits per heavy atom. The van der Waals surface area contributed by atoms with Crippen LogP contribution in [0.15, 0.2) is 42.5 Å². The van der Waals surface area contributed by atoms with Crippen LogP contribution < -0.4 is 0 Å². The Kier molecular flexibility index (Phi) is 8.35. The maximum Gasteiger partial charge on any atom is 0.0943 e. The molecular weight excluding hydrogens is 394 g/mol. The van der Waals surface area contributed by atoms with E-state index in [9.17, 15) is 5.11 Å². The molecular formula is C26H36ClNO2. The van der Waals surface area contributed by atoms with Gasteiger partial charge in [-0.3, -0.25) is 0 Å². The smallest absolute Gasteiger partial charge is 0.0943 e. The third-order valence-corrected chi connectivity index (χ3v) is 6.88. The van der Waals surface area contributed by atoms with E-state index in [0.29, 0.717) is 5.02 Å². The normalized spacial score (nSPS) is 19.6. The number of methoxy groups -OCH3 is 1. The molecule has 1 aliphatic rings. The van der Waals surface area contributed by atoms with E-state index in [4.69, 9.17) is 16.3 Å². The summed E-state index contributed by atoms with van der Waals surface area (Å²) < 4.78 is 5.25. The molecule has 0 aliphatic carbocycles. The van der Waals surface area contributed by atoms with Gasteiger partial charge < -0.3 is 14.7 Å². The summed E-state index contributed by atoms with van der Waals surface area (Å²) in [5.74, 6) is 0.186. The first-order chi connectivity index (χ1) is 14.5. The fourth-order valence-corrected chi connectivity index (χ4v) is 5.16. The molecule has 1 saturated heterocycles. The van der Waals surface area contributed by atoms with Gasteiger partial charge in [0.25, 0.3) is 0 Å². The maximum atomic E-state index is 12.3. The van der Waals surface area contributed by atoms with E-state index >= 15 is 0 Å². The molecule has 0 radical (unpaired) electrons. The number of piperidine rings is 1. The van der Waals surface area contributed by atoms with Crippen LogP contribution in [0.3, 0.4) is 0 Å². The van der Waals surface area contributed by atoms with E-state index in [0.717, 1.165) is 74.9 Å². The topological polar surface area (TPSA) is 32.7 Å². The lowest BCUT2D eigenvalue weighted by Crippen LogP contribution is -2.45. The Balaban J connectivity index is 2.07. The van der Waals surface area contributed by atoms with E-state index in [1.807, 2.05) is 12.1 Å². The highest BCUT2D eigenvalue weighted by Gasteiger charge is 2.41. The number of likely N-dealkylation sites (tertiary alicyclic amines) is 1. The number of aliphatic hydroxyl groups is 1. The molecule has 0 bridgehead atoms. The summed E-state index contributed by atoms with van der Waals surface area (Å²) in [6.45, 7) is 4.89. The molecule has 4 heteroatoms. The zero-order valence-electron chi connectivity index (χ0n) is 18.7. The molecule has 0 saturated carbocycles. The quantitative estimate of drug-likeness (QED) is 0.502. The van der Waals surface area contributed by atoms with E-state index in [1.165, 1.54) is 5.56 Å². The van der Waals surface area contributed by atoms with E-state index in [1.54, 1.807) is 7.11 Å². The molecule has 0 spiro atoms. The average Bonchev–Trinajstić information content (AvgIpc) is 2.76. The van der Waals surface area contributed by atoms with Gasteiger partial charge in [-0.1, -0.05) is 54.9 Å². The summed E-state index contributed by atoms with van der Waals surface area (Å²) in [4.78, 5) is 2.34. The van der Waals surface area contributed by atoms with Crippen LogP contribution in [0.4, 0.5) is 0 Å². The molecule has 30 heavy (non-hydrogen) atoms. The fourth-order valence-electron chi connectivity index (χ4n) is 4.88. The lowest BCUT2D eigenvalue weighted by Gasteiger charge is -2.43. The standard InChI is InChI=1S/C26H36ClNO2/c1-4-20-10-7-11-21(18-20)25-23(13-8-14-24(25)27)26(29,15-5-6-17-30-3)22-12-9-16-28(2)19-22/h7-8,10-11,13-14,18,22,29H,4-6,9,12,15-17,19H2,1-3H3. The largest absolute Gasteiger partial charge is 0.385 e. The van der Waals surface area contributed by atoms with Crippen molar-refractivity contribution in [2.75, 3.05) is 33.9 Å². The zero-order valence-corrected chi connectivity index (χ0v) is 19.4. The van der Waals surface area contributed by atoms with Crippen LogP contribution in [-0.4, -0.2) is 43.9 Å². The van der Waals surface area contributed by atoms with E-state index in [2.05, 4.69) is 49.2 Å². The highest BCUT2D eigenvalue weighted by molar-refractivity contribution is 6.33. The predicted octanol–water partition coefficient (Wildman–Crippen LogP) is 5.92. The number of nitrogens with zero attached hydrogens (tertiary/aromatic N) is 1. The highest BCUT2D eigenvalue weighted by atomic mass is 35.5. The molecule has 1 fully saturated rings. The summed E-state index contributed by atoms with van der Waals surface area (Å²) in [5, 5.41) is 13.0. The average molecular weight is 430 g/mol. The van der Waals surface area contributed by atoms with Crippen LogP contribution in [0.1, 0.15) is 50.2 Å². The second-order valence-corrected chi connectivity index (χ2v) is 9.10. The first-order valence-electron chi connectivity index (χ1n) is 11.3. The summed E-state index contributed by atoms with van der Waals surface area (Å²) in [6.07, 6.45) is 5.71. The molecule has 2 atom stereocenters. The van der Waals surface area contributed by atoms with E-state index in [-0.39, 0.29) is 5.92 Å². The molecule has 2 unspecified atom stereocenters. The molecule has 1 heterocycles. The van der Waals surface area contributed by atoms with Crippen molar-refractivity contribution in [2.24, 2.45) is 5.92 Å². The lowest BCUT2D eigenvalue weighted by molar-refractivity contribution is -0.0583. The number of hydrogen-bond donors (Lipinski definition) is 1.